The number of carbonyl (C=O) groups excluding carboxylic acids is 2. The fourth-order valence-corrected chi connectivity index (χ4v) is 3.29. The molecule has 1 atom stereocenters. The van der Waals surface area contributed by atoms with Crippen molar-refractivity contribution in [1.29, 1.82) is 0 Å². The quantitative estimate of drug-likeness (QED) is 0.197. The molecule has 0 bridgehead atoms. The zero-order chi connectivity index (χ0) is 20.9. The number of carboxylic acid groups (broad SMARTS) is 1. The number of hydrogen-bond acceptors (Lipinski definition) is 4. The van der Waals surface area contributed by atoms with Gasteiger partial charge in [0, 0.05) is 12.8 Å². The van der Waals surface area contributed by atoms with Gasteiger partial charge >= 0.3 is 5.97 Å². The predicted molar refractivity (Wildman–Crippen MR) is 113 cm³/mol. The van der Waals surface area contributed by atoms with Gasteiger partial charge in [-0.3, -0.25) is 9.59 Å². The third-order valence-electron chi connectivity index (χ3n) is 5.02. The van der Waals surface area contributed by atoms with Gasteiger partial charge in [-0.15, -0.1) is 0 Å². The molecule has 0 rings (SSSR count). The van der Waals surface area contributed by atoms with E-state index in [-0.39, 0.29) is 11.9 Å². The Labute approximate surface area is 171 Å². The standard InChI is InChI=1S/C22H42N2O4/c23-18-14-13-15-20(19-25)24-21(26)16-11-9-7-5-3-1-2-4-6-8-10-12-17-22(27)28/h19-20H,1-18,23H2,(H,24,26)(H,27,28). The number of carboxylic acids is 1. The van der Waals surface area contributed by atoms with E-state index in [1.54, 1.807) is 0 Å². The maximum atomic E-state index is 11.9. The number of nitrogens with one attached hydrogen (secondary N) is 1. The summed E-state index contributed by atoms with van der Waals surface area (Å²) in [6, 6.07) is -0.365. The second kappa shape index (κ2) is 20.3. The number of aliphatic carboxylic acids is 1. The molecule has 0 heterocycles. The van der Waals surface area contributed by atoms with Crippen molar-refractivity contribution in [1.82, 2.24) is 5.32 Å². The third kappa shape index (κ3) is 19.3. The molecule has 0 aliphatic heterocycles. The summed E-state index contributed by atoms with van der Waals surface area (Å²) in [5.74, 6) is -0.711. The lowest BCUT2D eigenvalue weighted by Crippen LogP contribution is -2.35. The lowest BCUT2D eigenvalue weighted by molar-refractivity contribution is -0.137. The molecule has 1 unspecified atom stereocenters. The van der Waals surface area contributed by atoms with Crippen LogP contribution in [0.2, 0.25) is 0 Å². The molecular formula is C22H42N2O4. The van der Waals surface area contributed by atoms with E-state index in [9.17, 15) is 14.4 Å². The van der Waals surface area contributed by atoms with Gasteiger partial charge in [0.15, 0.2) is 0 Å². The molecule has 0 aromatic rings. The molecule has 0 spiro atoms. The van der Waals surface area contributed by atoms with E-state index in [1.165, 1.54) is 38.5 Å². The fraction of sp³-hybridized carbons (Fsp3) is 0.864. The molecule has 0 aromatic heterocycles. The Morgan fingerprint density at radius 2 is 1.21 bits per heavy atom. The van der Waals surface area contributed by atoms with Crippen LogP contribution in [-0.2, 0) is 14.4 Å². The van der Waals surface area contributed by atoms with Gasteiger partial charge < -0.3 is 21.0 Å². The van der Waals surface area contributed by atoms with Crippen molar-refractivity contribution in [2.24, 2.45) is 5.73 Å². The third-order valence-corrected chi connectivity index (χ3v) is 5.02. The Balaban J connectivity index is 3.34. The second-order valence-corrected chi connectivity index (χ2v) is 7.73. The number of rotatable bonds is 21. The summed E-state index contributed by atoms with van der Waals surface area (Å²) >= 11 is 0. The summed E-state index contributed by atoms with van der Waals surface area (Å²) in [6.45, 7) is 0.619. The average Bonchev–Trinajstić information content (AvgIpc) is 2.67. The number of aldehydes is 1. The Bertz CT molecular complexity index is 402. The minimum absolute atomic E-state index is 0.0202. The summed E-state index contributed by atoms with van der Waals surface area (Å²) < 4.78 is 0. The van der Waals surface area contributed by atoms with Crippen LogP contribution in [0.25, 0.3) is 0 Å². The topological polar surface area (TPSA) is 109 Å². The molecule has 4 N–H and O–H groups in total. The van der Waals surface area contributed by atoms with E-state index >= 15 is 0 Å². The van der Waals surface area contributed by atoms with Crippen molar-refractivity contribution in [3.63, 3.8) is 0 Å². The van der Waals surface area contributed by atoms with E-state index in [1.807, 2.05) is 0 Å². The summed E-state index contributed by atoms with van der Waals surface area (Å²) in [7, 11) is 0. The van der Waals surface area contributed by atoms with Crippen molar-refractivity contribution in [3.05, 3.63) is 0 Å². The average molecular weight is 399 g/mol. The van der Waals surface area contributed by atoms with Crippen LogP contribution in [0.1, 0.15) is 109 Å². The van der Waals surface area contributed by atoms with Crippen LogP contribution in [0, 0.1) is 0 Å². The van der Waals surface area contributed by atoms with E-state index in [0.717, 1.165) is 57.7 Å². The van der Waals surface area contributed by atoms with E-state index in [2.05, 4.69) is 5.32 Å². The Kier molecular flexibility index (Phi) is 19.3. The van der Waals surface area contributed by atoms with Crippen molar-refractivity contribution in [2.45, 2.75) is 115 Å². The van der Waals surface area contributed by atoms with Gasteiger partial charge in [0.1, 0.15) is 6.29 Å². The van der Waals surface area contributed by atoms with Crippen molar-refractivity contribution < 1.29 is 19.5 Å². The maximum Gasteiger partial charge on any atom is 0.303 e. The summed E-state index contributed by atoms with van der Waals surface area (Å²) in [5, 5.41) is 11.4. The zero-order valence-corrected chi connectivity index (χ0v) is 17.6. The van der Waals surface area contributed by atoms with Crippen molar-refractivity contribution >= 4 is 18.2 Å². The molecule has 0 aliphatic rings. The molecule has 0 fully saturated rings. The minimum Gasteiger partial charge on any atom is -0.481 e. The van der Waals surface area contributed by atoms with Gasteiger partial charge in [-0.2, -0.15) is 0 Å². The first kappa shape index (κ1) is 26.6. The van der Waals surface area contributed by atoms with Crippen LogP contribution in [0.3, 0.4) is 0 Å². The maximum absolute atomic E-state index is 11.9. The van der Waals surface area contributed by atoms with E-state index in [0.29, 0.717) is 25.8 Å². The normalized spacial score (nSPS) is 11.9. The van der Waals surface area contributed by atoms with Crippen LogP contribution < -0.4 is 11.1 Å². The molecule has 0 saturated heterocycles. The fourth-order valence-electron chi connectivity index (χ4n) is 3.29. The highest BCUT2D eigenvalue weighted by atomic mass is 16.4. The Hall–Kier alpha value is -1.43. The number of unbranched alkanes of at least 4 members (excludes halogenated alkanes) is 12. The van der Waals surface area contributed by atoms with Gasteiger partial charge in [0.2, 0.25) is 5.91 Å². The molecule has 6 heteroatoms. The summed E-state index contributed by atoms with van der Waals surface area (Å²) in [5.41, 5.74) is 5.44. The van der Waals surface area contributed by atoms with Crippen molar-refractivity contribution in [3.8, 4) is 0 Å². The molecule has 0 aromatic carbocycles. The van der Waals surface area contributed by atoms with Crippen LogP contribution in [-0.4, -0.2) is 35.9 Å². The lowest BCUT2D eigenvalue weighted by Gasteiger charge is -2.12. The first-order valence-corrected chi connectivity index (χ1v) is 11.3. The summed E-state index contributed by atoms with van der Waals surface area (Å²) in [6.07, 6.45) is 17.6. The molecule has 0 saturated carbocycles. The highest BCUT2D eigenvalue weighted by Gasteiger charge is 2.10. The number of hydrogen-bond donors (Lipinski definition) is 3. The monoisotopic (exact) mass is 398 g/mol. The van der Waals surface area contributed by atoms with Crippen LogP contribution in [0.15, 0.2) is 0 Å². The molecule has 6 nitrogen and oxygen atoms in total. The number of carbonyl (C=O) groups is 3. The smallest absolute Gasteiger partial charge is 0.303 e. The highest BCUT2D eigenvalue weighted by Crippen LogP contribution is 2.13. The first-order valence-electron chi connectivity index (χ1n) is 11.3. The molecule has 0 aliphatic carbocycles. The van der Waals surface area contributed by atoms with E-state index in [4.69, 9.17) is 10.8 Å². The second-order valence-electron chi connectivity index (χ2n) is 7.73. The van der Waals surface area contributed by atoms with Crippen LogP contribution in [0.4, 0.5) is 0 Å². The Morgan fingerprint density at radius 3 is 1.64 bits per heavy atom. The van der Waals surface area contributed by atoms with E-state index < -0.39 is 5.97 Å². The Morgan fingerprint density at radius 1 is 0.750 bits per heavy atom. The largest absolute Gasteiger partial charge is 0.481 e. The van der Waals surface area contributed by atoms with Gasteiger partial charge in [0.05, 0.1) is 6.04 Å². The van der Waals surface area contributed by atoms with Gasteiger partial charge in [-0.1, -0.05) is 64.2 Å². The van der Waals surface area contributed by atoms with Crippen LogP contribution in [0.5, 0.6) is 0 Å². The van der Waals surface area contributed by atoms with Crippen molar-refractivity contribution in [2.75, 3.05) is 6.54 Å². The minimum atomic E-state index is -0.691. The predicted octanol–water partition coefficient (Wildman–Crippen LogP) is 4.35. The molecule has 164 valence electrons. The molecule has 1 amide bonds. The number of amides is 1. The molecular weight excluding hydrogens is 356 g/mol. The van der Waals surface area contributed by atoms with Gasteiger partial charge in [0.25, 0.3) is 0 Å². The molecule has 0 radical (unpaired) electrons. The number of nitrogens with two attached hydrogens (primary N) is 1. The highest BCUT2D eigenvalue weighted by molar-refractivity contribution is 5.79. The lowest BCUT2D eigenvalue weighted by atomic mass is 10.0. The van der Waals surface area contributed by atoms with Gasteiger partial charge in [-0.25, -0.2) is 0 Å². The summed E-state index contributed by atoms with van der Waals surface area (Å²) in [4.78, 5) is 33.2. The van der Waals surface area contributed by atoms with Gasteiger partial charge in [-0.05, 0) is 38.6 Å². The SMILES string of the molecule is NCCCCC(C=O)NC(=O)CCCCCCCCCCCCCCC(=O)O. The zero-order valence-electron chi connectivity index (χ0n) is 17.6. The first-order chi connectivity index (χ1) is 13.6. The molecule has 28 heavy (non-hydrogen) atoms. The van der Waals surface area contributed by atoms with Crippen LogP contribution >= 0.6 is 0 Å².